The molecular weight excluding hydrogens is 179 g/mol. The van der Waals surface area contributed by atoms with Gasteiger partial charge in [-0.2, -0.15) is 5.26 Å². The Kier molecular flexibility index (Phi) is 2.22. The molecule has 0 bridgehead atoms. The van der Waals surface area contributed by atoms with E-state index in [9.17, 15) is 4.39 Å². The molecule has 0 amide bonds. The van der Waals surface area contributed by atoms with Crippen molar-refractivity contribution in [3.63, 3.8) is 0 Å². The summed E-state index contributed by atoms with van der Waals surface area (Å²) < 4.78 is 13.7. The van der Waals surface area contributed by atoms with Crippen molar-refractivity contribution in [2.45, 2.75) is 19.9 Å². The Morgan fingerprint density at radius 3 is 3.00 bits per heavy atom. The summed E-state index contributed by atoms with van der Waals surface area (Å²) in [6.45, 7) is 3.42. The van der Waals surface area contributed by atoms with E-state index in [0.717, 1.165) is 23.2 Å². The maximum absolute atomic E-state index is 13.7. The Hall–Kier alpha value is -1.40. The summed E-state index contributed by atoms with van der Waals surface area (Å²) in [7, 11) is 0. The van der Waals surface area contributed by atoms with Crippen molar-refractivity contribution in [1.82, 2.24) is 5.32 Å². The van der Waals surface area contributed by atoms with Crippen LogP contribution in [0.5, 0.6) is 0 Å². The fraction of sp³-hybridized carbons (Fsp3) is 0.364. The molecule has 0 radical (unpaired) electrons. The second kappa shape index (κ2) is 3.39. The molecule has 1 aromatic rings. The Balaban J connectivity index is 2.66. The molecule has 1 heterocycles. The van der Waals surface area contributed by atoms with Gasteiger partial charge in [-0.3, -0.25) is 0 Å². The first kappa shape index (κ1) is 9.17. The molecule has 0 unspecified atom stereocenters. The number of fused-ring (bicyclic) bond motifs is 1. The van der Waals surface area contributed by atoms with Crippen LogP contribution in [0.2, 0.25) is 0 Å². The molecule has 3 heteroatoms. The first-order valence-electron chi connectivity index (χ1n) is 4.65. The van der Waals surface area contributed by atoms with Crippen LogP contribution >= 0.6 is 0 Å². The van der Waals surface area contributed by atoms with Crippen molar-refractivity contribution in [3.05, 3.63) is 34.1 Å². The fourth-order valence-electron chi connectivity index (χ4n) is 1.91. The molecule has 1 aromatic carbocycles. The fourth-order valence-corrected chi connectivity index (χ4v) is 1.91. The number of nitrogens with one attached hydrogen (secondary N) is 1. The van der Waals surface area contributed by atoms with Gasteiger partial charge in [0.25, 0.3) is 0 Å². The van der Waals surface area contributed by atoms with Gasteiger partial charge in [0.15, 0.2) is 0 Å². The van der Waals surface area contributed by atoms with E-state index in [2.05, 4.69) is 5.32 Å². The molecule has 14 heavy (non-hydrogen) atoms. The number of hydrogen-bond acceptors (Lipinski definition) is 2. The predicted octanol–water partition coefficient (Wildman–Crippen LogP) is 1.65. The second-order valence-corrected chi connectivity index (χ2v) is 3.55. The maximum Gasteiger partial charge on any atom is 0.144 e. The lowest BCUT2D eigenvalue weighted by Gasteiger charge is -2.20. The minimum absolute atomic E-state index is 0.170. The summed E-state index contributed by atoms with van der Waals surface area (Å²) in [5.74, 6) is -0.324. The van der Waals surface area contributed by atoms with Gasteiger partial charge in [0.2, 0.25) is 0 Å². The molecule has 1 aliphatic rings. The highest BCUT2D eigenvalue weighted by molar-refractivity contribution is 5.45. The van der Waals surface area contributed by atoms with Gasteiger partial charge in [0.05, 0.1) is 5.56 Å². The number of halogens is 1. The second-order valence-electron chi connectivity index (χ2n) is 3.55. The molecule has 1 N–H and O–H groups in total. The lowest BCUT2D eigenvalue weighted by molar-refractivity contribution is 0.564. The van der Waals surface area contributed by atoms with E-state index in [1.165, 1.54) is 0 Å². The van der Waals surface area contributed by atoms with Crippen LogP contribution in [0.1, 0.15) is 22.3 Å². The smallest absolute Gasteiger partial charge is 0.144 e. The zero-order chi connectivity index (χ0) is 10.1. The van der Waals surface area contributed by atoms with E-state index in [1.807, 2.05) is 13.0 Å². The van der Waals surface area contributed by atoms with Crippen LogP contribution in [0.25, 0.3) is 0 Å². The molecular formula is C11H11FN2. The molecule has 0 aliphatic carbocycles. The molecule has 0 atom stereocenters. The average molecular weight is 190 g/mol. The van der Waals surface area contributed by atoms with Crippen LogP contribution in [0.15, 0.2) is 6.07 Å². The van der Waals surface area contributed by atoms with E-state index in [4.69, 9.17) is 5.26 Å². The quantitative estimate of drug-likeness (QED) is 0.675. The minimum Gasteiger partial charge on any atom is -0.312 e. The minimum atomic E-state index is -0.324. The molecule has 0 aromatic heterocycles. The van der Waals surface area contributed by atoms with E-state index >= 15 is 0 Å². The van der Waals surface area contributed by atoms with Crippen LogP contribution in [-0.4, -0.2) is 6.54 Å². The number of aryl methyl sites for hydroxylation is 1. The maximum atomic E-state index is 13.7. The van der Waals surface area contributed by atoms with E-state index < -0.39 is 0 Å². The zero-order valence-electron chi connectivity index (χ0n) is 8.02. The summed E-state index contributed by atoms with van der Waals surface area (Å²) in [5, 5.41) is 11.9. The molecule has 2 nitrogen and oxygen atoms in total. The first-order valence-corrected chi connectivity index (χ1v) is 4.65. The lowest BCUT2D eigenvalue weighted by atomic mass is 9.93. The molecule has 72 valence electrons. The number of nitriles is 1. The van der Waals surface area contributed by atoms with Gasteiger partial charge in [0.1, 0.15) is 11.9 Å². The van der Waals surface area contributed by atoms with Crippen molar-refractivity contribution < 1.29 is 4.39 Å². The van der Waals surface area contributed by atoms with Gasteiger partial charge in [-0.1, -0.05) is 0 Å². The highest BCUT2D eigenvalue weighted by Crippen LogP contribution is 2.24. The van der Waals surface area contributed by atoms with Crippen LogP contribution in [0.3, 0.4) is 0 Å². The first-order chi connectivity index (χ1) is 6.74. The third-order valence-electron chi connectivity index (χ3n) is 2.68. The summed E-state index contributed by atoms with van der Waals surface area (Å²) >= 11 is 0. The van der Waals surface area contributed by atoms with E-state index in [0.29, 0.717) is 13.0 Å². The Labute approximate surface area is 82.4 Å². The van der Waals surface area contributed by atoms with Crippen LogP contribution < -0.4 is 5.32 Å². The van der Waals surface area contributed by atoms with Gasteiger partial charge < -0.3 is 5.32 Å². The summed E-state index contributed by atoms with van der Waals surface area (Å²) in [6, 6.07) is 3.52. The zero-order valence-corrected chi connectivity index (χ0v) is 8.02. The van der Waals surface area contributed by atoms with Gasteiger partial charge in [0, 0.05) is 6.54 Å². The number of hydrogen-bond donors (Lipinski definition) is 1. The van der Waals surface area contributed by atoms with Gasteiger partial charge in [-0.25, -0.2) is 4.39 Å². The van der Waals surface area contributed by atoms with Gasteiger partial charge in [-0.05, 0) is 42.6 Å². The van der Waals surface area contributed by atoms with Crippen molar-refractivity contribution in [2.75, 3.05) is 6.54 Å². The van der Waals surface area contributed by atoms with Crippen LogP contribution in [-0.2, 0) is 13.0 Å². The Morgan fingerprint density at radius 2 is 2.29 bits per heavy atom. The summed E-state index contributed by atoms with van der Waals surface area (Å²) in [5.41, 5.74) is 2.92. The third kappa shape index (κ3) is 1.28. The Bertz CT molecular complexity index is 415. The lowest BCUT2D eigenvalue weighted by Crippen LogP contribution is -2.25. The van der Waals surface area contributed by atoms with Crippen molar-refractivity contribution in [3.8, 4) is 6.07 Å². The molecule has 0 spiro atoms. The van der Waals surface area contributed by atoms with Gasteiger partial charge in [-0.15, -0.1) is 0 Å². The van der Waals surface area contributed by atoms with E-state index in [1.54, 1.807) is 6.07 Å². The van der Waals surface area contributed by atoms with Crippen molar-refractivity contribution >= 4 is 0 Å². The number of rotatable bonds is 0. The molecule has 1 aliphatic heterocycles. The van der Waals surface area contributed by atoms with Crippen molar-refractivity contribution in [1.29, 1.82) is 5.26 Å². The molecule has 0 fully saturated rings. The monoisotopic (exact) mass is 190 g/mol. The predicted molar refractivity (Wildman–Crippen MR) is 51.3 cm³/mol. The highest BCUT2D eigenvalue weighted by Gasteiger charge is 2.18. The summed E-state index contributed by atoms with van der Waals surface area (Å²) in [6.07, 6.45) is 0.678. The number of nitrogens with zero attached hydrogens (tertiary/aromatic N) is 1. The van der Waals surface area contributed by atoms with E-state index in [-0.39, 0.29) is 11.4 Å². The largest absolute Gasteiger partial charge is 0.312 e. The number of benzene rings is 1. The molecule has 0 saturated carbocycles. The molecule has 0 saturated heterocycles. The Morgan fingerprint density at radius 1 is 1.50 bits per heavy atom. The van der Waals surface area contributed by atoms with Crippen molar-refractivity contribution in [2.24, 2.45) is 0 Å². The SMILES string of the molecule is Cc1cc(C#N)c(F)c2c1CNCC2. The normalized spacial score (nSPS) is 14.6. The van der Waals surface area contributed by atoms with Gasteiger partial charge >= 0.3 is 0 Å². The topological polar surface area (TPSA) is 35.8 Å². The third-order valence-corrected chi connectivity index (χ3v) is 2.68. The van der Waals surface area contributed by atoms with Crippen LogP contribution in [0.4, 0.5) is 4.39 Å². The summed E-state index contributed by atoms with van der Waals surface area (Å²) in [4.78, 5) is 0. The standard InChI is InChI=1S/C11H11FN2/c1-7-4-8(5-13)11(12)9-2-3-14-6-10(7)9/h4,14H,2-3,6H2,1H3. The average Bonchev–Trinajstić information content (AvgIpc) is 2.23. The molecule has 2 rings (SSSR count). The highest BCUT2D eigenvalue weighted by atomic mass is 19.1. The van der Waals surface area contributed by atoms with Crippen LogP contribution in [0, 0.1) is 24.1 Å².